The van der Waals surface area contributed by atoms with E-state index in [2.05, 4.69) is 15.2 Å². The van der Waals surface area contributed by atoms with Crippen LogP contribution in [0.15, 0.2) is 36.0 Å². The van der Waals surface area contributed by atoms with Crippen molar-refractivity contribution in [3.63, 3.8) is 0 Å². The van der Waals surface area contributed by atoms with Crippen LogP contribution in [0.5, 0.6) is 0 Å². The van der Waals surface area contributed by atoms with Crippen LogP contribution in [-0.4, -0.2) is 32.8 Å². The number of amides is 1. The maximum atomic E-state index is 12.8. The standard InChI is InChI=1S/C18H18Cl2N4OS/c19-14-5-4-12(9-15(14)20)21-17(25)16-3-1-2-6-23(16)10-13-11-24-7-8-26-18(24)22-13/h4-5,7-9,11,16H,1-3,6,10H2,(H,21,25)/t16-/m0/s1. The van der Waals surface area contributed by atoms with Crippen molar-refractivity contribution in [2.45, 2.75) is 31.8 Å². The third kappa shape index (κ3) is 3.74. The number of rotatable bonds is 4. The fourth-order valence-corrected chi connectivity index (χ4v) is 4.35. The smallest absolute Gasteiger partial charge is 0.241 e. The first-order valence-corrected chi connectivity index (χ1v) is 10.1. The number of thiazole rings is 1. The highest BCUT2D eigenvalue weighted by molar-refractivity contribution is 7.15. The summed E-state index contributed by atoms with van der Waals surface area (Å²) in [6, 6.07) is 4.97. The Bertz CT molecular complexity index is 910. The number of nitrogens with one attached hydrogen (secondary N) is 1. The Kier molecular flexibility index (Phi) is 5.18. The number of likely N-dealkylation sites (tertiary alicyclic amines) is 1. The first-order chi connectivity index (χ1) is 12.6. The molecule has 26 heavy (non-hydrogen) atoms. The molecule has 3 heterocycles. The molecule has 0 spiro atoms. The number of carbonyl (C=O) groups excluding carboxylic acids is 1. The lowest BCUT2D eigenvalue weighted by molar-refractivity contribution is -0.122. The SMILES string of the molecule is O=C(Nc1ccc(Cl)c(Cl)c1)[C@@H]1CCCCN1Cc1cn2ccsc2n1. The molecule has 0 unspecified atom stereocenters. The number of aromatic nitrogens is 2. The minimum Gasteiger partial charge on any atom is -0.325 e. The van der Waals surface area contributed by atoms with Crippen LogP contribution in [-0.2, 0) is 11.3 Å². The minimum atomic E-state index is -0.169. The Morgan fingerprint density at radius 2 is 2.19 bits per heavy atom. The van der Waals surface area contributed by atoms with Crippen molar-refractivity contribution in [3.8, 4) is 0 Å². The number of fused-ring (bicyclic) bond motifs is 1. The van der Waals surface area contributed by atoms with E-state index in [-0.39, 0.29) is 11.9 Å². The van der Waals surface area contributed by atoms with Crippen molar-refractivity contribution in [2.24, 2.45) is 0 Å². The average molecular weight is 409 g/mol. The first kappa shape index (κ1) is 17.8. The number of imidazole rings is 1. The van der Waals surface area contributed by atoms with Gasteiger partial charge in [-0.3, -0.25) is 14.1 Å². The number of halogens is 2. The quantitative estimate of drug-likeness (QED) is 0.680. The molecule has 1 fully saturated rings. The lowest BCUT2D eigenvalue weighted by Gasteiger charge is -2.34. The van der Waals surface area contributed by atoms with Gasteiger partial charge in [-0.25, -0.2) is 4.98 Å². The van der Waals surface area contributed by atoms with Crippen LogP contribution in [0.4, 0.5) is 5.69 Å². The van der Waals surface area contributed by atoms with Gasteiger partial charge in [-0.2, -0.15) is 0 Å². The molecule has 3 aromatic rings. The van der Waals surface area contributed by atoms with Crippen LogP contribution in [0.1, 0.15) is 25.0 Å². The van der Waals surface area contributed by atoms with E-state index in [1.54, 1.807) is 29.5 Å². The van der Waals surface area contributed by atoms with E-state index in [1.165, 1.54) is 0 Å². The number of hydrogen-bond donors (Lipinski definition) is 1. The van der Waals surface area contributed by atoms with Gasteiger partial charge >= 0.3 is 0 Å². The molecule has 8 heteroatoms. The molecule has 1 saturated heterocycles. The minimum absolute atomic E-state index is 0.0101. The van der Waals surface area contributed by atoms with Crippen molar-refractivity contribution >= 4 is 51.1 Å². The van der Waals surface area contributed by atoms with Gasteiger partial charge in [0, 0.05) is 30.0 Å². The molecule has 0 radical (unpaired) electrons. The average Bonchev–Trinajstić information content (AvgIpc) is 3.20. The molecule has 0 bridgehead atoms. The molecule has 4 rings (SSSR count). The molecule has 0 saturated carbocycles. The van der Waals surface area contributed by atoms with E-state index in [4.69, 9.17) is 23.2 Å². The molecule has 1 aliphatic rings. The summed E-state index contributed by atoms with van der Waals surface area (Å²) in [6.07, 6.45) is 7.03. The van der Waals surface area contributed by atoms with Gasteiger partial charge in [-0.1, -0.05) is 29.6 Å². The van der Waals surface area contributed by atoms with Gasteiger partial charge in [0.05, 0.1) is 21.8 Å². The van der Waals surface area contributed by atoms with Gasteiger partial charge in [0.25, 0.3) is 0 Å². The van der Waals surface area contributed by atoms with Crippen LogP contribution in [0.3, 0.4) is 0 Å². The summed E-state index contributed by atoms with van der Waals surface area (Å²) in [5.41, 5.74) is 1.66. The molecule has 1 atom stereocenters. The monoisotopic (exact) mass is 408 g/mol. The Morgan fingerprint density at radius 1 is 1.31 bits per heavy atom. The van der Waals surface area contributed by atoms with Crippen LogP contribution < -0.4 is 5.32 Å². The number of nitrogens with zero attached hydrogens (tertiary/aromatic N) is 3. The molecule has 1 amide bonds. The molecule has 1 aliphatic heterocycles. The van der Waals surface area contributed by atoms with E-state index < -0.39 is 0 Å². The summed E-state index contributed by atoms with van der Waals surface area (Å²) in [6.45, 7) is 1.57. The number of benzene rings is 1. The summed E-state index contributed by atoms with van der Waals surface area (Å²) >= 11 is 13.6. The number of piperidine rings is 1. The third-order valence-corrected chi connectivity index (χ3v) is 6.12. The second-order valence-corrected chi connectivity index (χ2v) is 8.11. The zero-order valence-electron chi connectivity index (χ0n) is 14.0. The summed E-state index contributed by atoms with van der Waals surface area (Å²) in [7, 11) is 0. The lowest BCUT2D eigenvalue weighted by Crippen LogP contribution is -2.46. The molecular weight excluding hydrogens is 391 g/mol. The predicted molar refractivity (Wildman–Crippen MR) is 106 cm³/mol. The fraction of sp³-hybridized carbons (Fsp3) is 0.333. The summed E-state index contributed by atoms with van der Waals surface area (Å²) in [5, 5.41) is 5.89. The topological polar surface area (TPSA) is 49.6 Å². The second kappa shape index (κ2) is 7.56. The summed E-state index contributed by atoms with van der Waals surface area (Å²) < 4.78 is 2.02. The van der Waals surface area contributed by atoms with E-state index in [0.717, 1.165) is 36.5 Å². The zero-order chi connectivity index (χ0) is 18.1. The van der Waals surface area contributed by atoms with Crippen LogP contribution in [0.2, 0.25) is 10.0 Å². The Balaban J connectivity index is 1.48. The van der Waals surface area contributed by atoms with Gasteiger partial charge in [0.15, 0.2) is 4.96 Å². The molecule has 136 valence electrons. The van der Waals surface area contributed by atoms with Gasteiger partial charge in [-0.05, 0) is 37.6 Å². The van der Waals surface area contributed by atoms with Gasteiger partial charge in [0.1, 0.15) is 0 Å². The Labute approximate surface area is 165 Å². The van der Waals surface area contributed by atoms with Crippen LogP contribution in [0, 0.1) is 0 Å². The number of hydrogen-bond acceptors (Lipinski definition) is 4. The van der Waals surface area contributed by atoms with E-state index >= 15 is 0 Å². The zero-order valence-corrected chi connectivity index (χ0v) is 16.3. The Hall–Kier alpha value is -1.60. The molecule has 5 nitrogen and oxygen atoms in total. The number of carbonyl (C=O) groups is 1. The Morgan fingerprint density at radius 3 is 3.00 bits per heavy atom. The summed E-state index contributed by atoms with van der Waals surface area (Å²) in [5.74, 6) is -0.0101. The third-order valence-electron chi connectivity index (χ3n) is 4.61. The number of anilines is 1. The summed E-state index contributed by atoms with van der Waals surface area (Å²) in [4.78, 5) is 20.7. The van der Waals surface area contributed by atoms with Gasteiger partial charge in [-0.15, -0.1) is 11.3 Å². The van der Waals surface area contributed by atoms with E-state index in [9.17, 15) is 4.79 Å². The molecule has 0 aliphatic carbocycles. The van der Waals surface area contributed by atoms with E-state index in [1.807, 2.05) is 22.2 Å². The lowest BCUT2D eigenvalue weighted by atomic mass is 10.0. The van der Waals surface area contributed by atoms with E-state index in [0.29, 0.717) is 22.3 Å². The van der Waals surface area contributed by atoms with Gasteiger partial charge < -0.3 is 5.32 Å². The largest absolute Gasteiger partial charge is 0.325 e. The highest BCUT2D eigenvalue weighted by Gasteiger charge is 2.29. The van der Waals surface area contributed by atoms with Crippen molar-refractivity contribution in [2.75, 3.05) is 11.9 Å². The van der Waals surface area contributed by atoms with Crippen molar-refractivity contribution < 1.29 is 4.79 Å². The second-order valence-electron chi connectivity index (χ2n) is 6.43. The van der Waals surface area contributed by atoms with Crippen molar-refractivity contribution in [1.82, 2.24) is 14.3 Å². The van der Waals surface area contributed by atoms with Crippen molar-refractivity contribution in [3.05, 3.63) is 51.7 Å². The maximum Gasteiger partial charge on any atom is 0.241 e. The molecule has 2 aromatic heterocycles. The highest BCUT2D eigenvalue weighted by atomic mass is 35.5. The van der Waals surface area contributed by atoms with Gasteiger partial charge in [0.2, 0.25) is 5.91 Å². The normalized spacial score (nSPS) is 18.3. The maximum absolute atomic E-state index is 12.8. The molecule has 1 N–H and O–H groups in total. The highest BCUT2D eigenvalue weighted by Crippen LogP contribution is 2.26. The molecule has 1 aromatic carbocycles. The van der Waals surface area contributed by atoms with Crippen LogP contribution in [0.25, 0.3) is 4.96 Å². The van der Waals surface area contributed by atoms with Crippen molar-refractivity contribution in [1.29, 1.82) is 0 Å². The van der Waals surface area contributed by atoms with Crippen LogP contribution >= 0.6 is 34.5 Å². The fourth-order valence-electron chi connectivity index (χ4n) is 3.34. The predicted octanol–water partition coefficient (Wildman–Crippen LogP) is 4.70. The first-order valence-electron chi connectivity index (χ1n) is 8.51. The molecular formula is C18H18Cl2N4OS.